The molecule has 0 aromatic heterocycles. The molecule has 1 saturated heterocycles. The summed E-state index contributed by atoms with van der Waals surface area (Å²) in [5.74, 6) is -0.420. The lowest BCUT2D eigenvalue weighted by Crippen LogP contribution is -2.33. The number of aryl methyl sites for hydroxylation is 1. The monoisotopic (exact) mass is 430 g/mol. The molecule has 2 aromatic rings. The lowest BCUT2D eigenvalue weighted by Gasteiger charge is -2.24. The molecule has 30 heavy (non-hydrogen) atoms. The Morgan fingerprint density at radius 3 is 2.50 bits per heavy atom. The van der Waals surface area contributed by atoms with Gasteiger partial charge in [0.15, 0.2) is 0 Å². The summed E-state index contributed by atoms with van der Waals surface area (Å²) >= 11 is 0. The number of esters is 1. The van der Waals surface area contributed by atoms with Crippen molar-refractivity contribution in [2.75, 3.05) is 25.1 Å². The summed E-state index contributed by atoms with van der Waals surface area (Å²) in [6, 6.07) is 14.2. The molecule has 160 valence electrons. The standard InChI is InChI=1S/C22H26N2O5S/c1-17-15-19(24-13-6-9-21(24)25)10-11-20(17)30(27,28)23(14-12-22(26)29-2)16-18-7-4-3-5-8-18/h3-5,7-8,10-11,15H,6,9,12-14,16H2,1-2H3. The fourth-order valence-corrected chi connectivity index (χ4v) is 5.18. The lowest BCUT2D eigenvalue weighted by molar-refractivity contribution is -0.140. The number of ether oxygens (including phenoxy) is 1. The molecule has 1 heterocycles. The topological polar surface area (TPSA) is 84.0 Å². The minimum atomic E-state index is -3.87. The van der Waals surface area contributed by atoms with Gasteiger partial charge in [0.2, 0.25) is 15.9 Å². The van der Waals surface area contributed by atoms with E-state index in [4.69, 9.17) is 0 Å². The van der Waals surface area contributed by atoms with Crippen LogP contribution in [0.15, 0.2) is 53.4 Å². The summed E-state index contributed by atoms with van der Waals surface area (Å²) in [6.45, 7) is 2.52. The predicted molar refractivity (Wildman–Crippen MR) is 113 cm³/mol. The first kappa shape index (κ1) is 22.0. The number of hydrogen-bond acceptors (Lipinski definition) is 5. The molecule has 7 nitrogen and oxygen atoms in total. The Morgan fingerprint density at radius 2 is 1.90 bits per heavy atom. The fraction of sp³-hybridized carbons (Fsp3) is 0.364. The van der Waals surface area contributed by atoms with Crippen LogP contribution in [0.1, 0.15) is 30.4 Å². The molecular weight excluding hydrogens is 404 g/mol. The zero-order chi connectivity index (χ0) is 21.7. The Bertz CT molecular complexity index is 1020. The number of methoxy groups -OCH3 is 1. The highest BCUT2D eigenvalue weighted by molar-refractivity contribution is 7.89. The lowest BCUT2D eigenvalue weighted by atomic mass is 10.2. The number of benzene rings is 2. The van der Waals surface area contributed by atoms with Gasteiger partial charge >= 0.3 is 5.97 Å². The smallest absolute Gasteiger partial charge is 0.306 e. The van der Waals surface area contributed by atoms with E-state index in [9.17, 15) is 18.0 Å². The summed E-state index contributed by atoms with van der Waals surface area (Å²) in [7, 11) is -2.59. The normalized spacial score (nSPS) is 14.4. The van der Waals surface area contributed by atoms with Gasteiger partial charge in [-0.25, -0.2) is 8.42 Å². The Morgan fingerprint density at radius 1 is 1.17 bits per heavy atom. The van der Waals surface area contributed by atoms with Gasteiger partial charge in [-0.05, 0) is 42.7 Å². The van der Waals surface area contributed by atoms with Crippen LogP contribution in [0, 0.1) is 6.92 Å². The van der Waals surface area contributed by atoms with E-state index in [-0.39, 0.29) is 30.3 Å². The average Bonchev–Trinajstić information content (AvgIpc) is 3.17. The first-order valence-corrected chi connectivity index (χ1v) is 11.3. The quantitative estimate of drug-likeness (QED) is 0.602. The fourth-order valence-electron chi connectivity index (χ4n) is 3.54. The summed E-state index contributed by atoms with van der Waals surface area (Å²) < 4.78 is 32.9. The maximum absolute atomic E-state index is 13.4. The van der Waals surface area contributed by atoms with Crippen molar-refractivity contribution in [1.82, 2.24) is 4.31 Å². The zero-order valence-electron chi connectivity index (χ0n) is 17.2. The third-order valence-corrected chi connectivity index (χ3v) is 7.16. The van der Waals surface area contributed by atoms with Gasteiger partial charge in [-0.15, -0.1) is 0 Å². The van der Waals surface area contributed by atoms with E-state index >= 15 is 0 Å². The van der Waals surface area contributed by atoms with E-state index in [0.29, 0.717) is 24.2 Å². The molecule has 0 aliphatic carbocycles. The van der Waals surface area contributed by atoms with Crippen molar-refractivity contribution >= 4 is 27.6 Å². The van der Waals surface area contributed by atoms with Crippen molar-refractivity contribution in [2.24, 2.45) is 0 Å². The molecule has 0 saturated carbocycles. The van der Waals surface area contributed by atoms with Crippen LogP contribution < -0.4 is 4.90 Å². The summed E-state index contributed by atoms with van der Waals surface area (Å²) in [5.41, 5.74) is 2.09. The Kier molecular flexibility index (Phi) is 6.89. The van der Waals surface area contributed by atoms with E-state index in [0.717, 1.165) is 12.0 Å². The van der Waals surface area contributed by atoms with Gasteiger partial charge in [-0.3, -0.25) is 9.59 Å². The first-order chi connectivity index (χ1) is 14.3. The van der Waals surface area contributed by atoms with E-state index in [1.165, 1.54) is 11.4 Å². The third-order valence-electron chi connectivity index (χ3n) is 5.16. The summed E-state index contributed by atoms with van der Waals surface area (Å²) in [6.07, 6.45) is 1.27. The highest BCUT2D eigenvalue weighted by Crippen LogP contribution is 2.28. The van der Waals surface area contributed by atoms with Gasteiger partial charge in [0.05, 0.1) is 18.4 Å². The van der Waals surface area contributed by atoms with Crippen LogP contribution in [0.25, 0.3) is 0 Å². The Hall–Kier alpha value is -2.71. The van der Waals surface area contributed by atoms with E-state index in [2.05, 4.69) is 4.74 Å². The van der Waals surface area contributed by atoms with Crippen molar-refractivity contribution in [3.05, 3.63) is 59.7 Å². The Balaban J connectivity index is 1.91. The molecule has 1 aliphatic rings. The maximum atomic E-state index is 13.4. The van der Waals surface area contributed by atoms with Gasteiger partial charge < -0.3 is 9.64 Å². The zero-order valence-corrected chi connectivity index (χ0v) is 18.0. The molecule has 3 rings (SSSR count). The van der Waals surface area contributed by atoms with Gasteiger partial charge in [-0.2, -0.15) is 4.31 Å². The molecule has 0 bridgehead atoms. The maximum Gasteiger partial charge on any atom is 0.306 e. The molecule has 1 fully saturated rings. The highest BCUT2D eigenvalue weighted by Gasteiger charge is 2.28. The SMILES string of the molecule is COC(=O)CCN(Cc1ccccc1)S(=O)(=O)c1ccc(N2CCCC2=O)cc1C. The van der Waals surface area contributed by atoms with E-state index in [1.807, 2.05) is 30.3 Å². The minimum Gasteiger partial charge on any atom is -0.469 e. The second-order valence-corrected chi connectivity index (χ2v) is 9.16. The second-order valence-electron chi connectivity index (χ2n) is 7.25. The van der Waals surface area contributed by atoms with Crippen molar-refractivity contribution < 1.29 is 22.7 Å². The van der Waals surface area contributed by atoms with Crippen LogP contribution in [0.5, 0.6) is 0 Å². The van der Waals surface area contributed by atoms with Crippen LogP contribution >= 0.6 is 0 Å². The van der Waals surface area contributed by atoms with Crippen molar-refractivity contribution in [3.63, 3.8) is 0 Å². The molecule has 0 radical (unpaired) electrons. The van der Waals surface area contributed by atoms with Crippen LogP contribution in [-0.4, -0.2) is 44.8 Å². The Labute approximate surface area is 177 Å². The van der Waals surface area contributed by atoms with Crippen LogP contribution in [0.4, 0.5) is 5.69 Å². The van der Waals surface area contributed by atoms with Crippen LogP contribution in [-0.2, 0) is 30.9 Å². The van der Waals surface area contributed by atoms with Gasteiger partial charge in [0, 0.05) is 31.7 Å². The molecule has 8 heteroatoms. The molecule has 0 spiro atoms. The number of carbonyl (C=O) groups excluding carboxylic acids is 2. The van der Waals surface area contributed by atoms with Gasteiger partial charge in [0.1, 0.15) is 0 Å². The number of hydrogen-bond donors (Lipinski definition) is 0. The molecular formula is C22H26N2O5S. The second kappa shape index (κ2) is 9.40. The third kappa shape index (κ3) is 4.88. The number of carbonyl (C=O) groups is 2. The number of anilines is 1. The van der Waals surface area contributed by atoms with Gasteiger partial charge in [-0.1, -0.05) is 30.3 Å². The summed E-state index contributed by atoms with van der Waals surface area (Å²) in [4.78, 5) is 25.5. The highest BCUT2D eigenvalue weighted by atomic mass is 32.2. The van der Waals surface area contributed by atoms with Crippen LogP contribution in [0.3, 0.4) is 0 Å². The molecule has 1 aliphatic heterocycles. The van der Waals surface area contributed by atoms with E-state index < -0.39 is 16.0 Å². The number of amides is 1. The van der Waals surface area contributed by atoms with Gasteiger partial charge in [0.25, 0.3) is 0 Å². The number of nitrogens with zero attached hydrogens (tertiary/aromatic N) is 2. The molecule has 2 aromatic carbocycles. The molecule has 0 N–H and O–H groups in total. The average molecular weight is 431 g/mol. The van der Waals surface area contributed by atoms with Crippen molar-refractivity contribution in [2.45, 2.75) is 37.6 Å². The largest absolute Gasteiger partial charge is 0.469 e. The van der Waals surface area contributed by atoms with Crippen molar-refractivity contribution in [1.29, 1.82) is 0 Å². The molecule has 1 amide bonds. The predicted octanol–water partition coefficient (Wildman–Crippen LogP) is 2.88. The summed E-state index contributed by atoms with van der Waals surface area (Å²) in [5, 5.41) is 0. The number of sulfonamides is 1. The van der Waals surface area contributed by atoms with E-state index in [1.54, 1.807) is 30.0 Å². The minimum absolute atomic E-state index is 0.00963. The first-order valence-electron chi connectivity index (χ1n) is 9.85. The molecule has 0 unspecified atom stereocenters. The number of rotatable bonds is 8. The van der Waals surface area contributed by atoms with Crippen LogP contribution in [0.2, 0.25) is 0 Å². The van der Waals surface area contributed by atoms with Crippen molar-refractivity contribution in [3.8, 4) is 0 Å². The molecule has 0 atom stereocenters.